The largest absolute Gasteiger partial charge is 0.379 e. The fourth-order valence-electron chi connectivity index (χ4n) is 3.51. The van der Waals surface area contributed by atoms with E-state index in [2.05, 4.69) is 5.10 Å². The van der Waals surface area contributed by atoms with Crippen LogP contribution in [0.25, 0.3) is 11.3 Å². The molecule has 0 unspecified atom stereocenters. The van der Waals surface area contributed by atoms with Gasteiger partial charge in [-0.2, -0.15) is 9.40 Å². The molecule has 168 valence electrons. The minimum atomic E-state index is -3.71. The lowest BCUT2D eigenvalue weighted by Gasteiger charge is -2.26. The highest BCUT2D eigenvalue weighted by Gasteiger charge is 2.28. The van der Waals surface area contributed by atoms with E-state index in [1.165, 1.54) is 34.6 Å². The van der Waals surface area contributed by atoms with Gasteiger partial charge in [-0.05, 0) is 36.8 Å². The first-order valence-corrected chi connectivity index (χ1v) is 11.8. The molecule has 1 aliphatic heterocycles. The van der Waals surface area contributed by atoms with E-state index in [4.69, 9.17) is 16.3 Å². The van der Waals surface area contributed by atoms with Gasteiger partial charge in [0.25, 0.3) is 5.56 Å². The molecule has 1 aromatic heterocycles. The van der Waals surface area contributed by atoms with Crippen LogP contribution in [0.2, 0.25) is 5.02 Å². The van der Waals surface area contributed by atoms with E-state index in [9.17, 15) is 17.6 Å². The summed E-state index contributed by atoms with van der Waals surface area (Å²) in [6.45, 7) is 2.86. The Morgan fingerprint density at radius 1 is 1.12 bits per heavy atom. The Kier molecular flexibility index (Phi) is 6.43. The molecule has 0 bridgehead atoms. The molecule has 0 radical (unpaired) electrons. The van der Waals surface area contributed by atoms with Gasteiger partial charge in [-0.25, -0.2) is 17.5 Å². The number of aryl methyl sites for hydroxylation is 1. The number of benzene rings is 2. The van der Waals surface area contributed by atoms with Crippen LogP contribution in [-0.2, 0) is 21.3 Å². The van der Waals surface area contributed by atoms with Crippen LogP contribution in [0, 0.1) is 12.7 Å². The summed E-state index contributed by atoms with van der Waals surface area (Å²) in [5, 5.41) is 4.53. The molecule has 2 heterocycles. The molecular formula is C22H21ClFN3O4S. The van der Waals surface area contributed by atoms with E-state index in [1.54, 1.807) is 25.1 Å². The number of halogens is 2. The summed E-state index contributed by atoms with van der Waals surface area (Å²) in [5.74, 6) is -0.536. The molecule has 4 rings (SSSR count). The van der Waals surface area contributed by atoms with Gasteiger partial charge in [0.15, 0.2) is 0 Å². The molecule has 10 heteroatoms. The zero-order chi connectivity index (χ0) is 22.9. The van der Waals surface area contributed by atoms with Crippen molar-refractivity contribution in [3.05, 3.63) is 80.9 Å². The SMILES string of the molecule is Cc1ccc(-c2ccc(=O)n(Cc3c(F)cccc3Cl)n2)cc1S(=O)(=O)N1CCOCC1. The number of nitrogens with zero attached hydrogens (tertiary/aromatic N) is 3. The zero-order valence-electron chi connectivity index (χ0n) is 17.3. The van der Waals surface area contributed by atoms with E-state index in [0.29, 0.717) is 43.1 Å². The predicted octanol–water partition coefficient (Wildman–Crippen LogP) is 3.08. The van der Waals surface area contributed by atoms with Crippen molar-refractivity contribution in [2.45, 2.75) is 18.4 Å². The third kappa shape index (κ3) is 4.47. The molecule has 0 spiro atoms. The van der Waals surface area contributed by atoms with Crippen LogP contribution in [0.3, 0.4) is 0 Å². The van der Waals surface area contributed by atoms with Crippen LogP contribution in [0.15, 0.2) is 58.2 Å². The van der Waals surface area contributed by atoms with Gasteiger partial charge in [0.1, 0.15) is 5.82 Å². The van der Waals surface area contributed by atoms with Crippen molar-refractivity contribution in [3.63, 3.8) is 0 Å². The summed E-state index contributed by atoms with van der Waals surface area (Å²) in [7, 11) is -3.71. The Morgan fingerprint density at radius 3 is 2.59 bits per heavy atom. The predicted molar refractivity (Wildman–Crippen MR) is 119 cm³/mol. The van der Waals surface area contributed by atoms with Crippen LogP contribution in [-0.4, -0.2) is 48.8 Å². The Labute approximate surface area is 190 Å². The Hall–Kier alpha value is -2.59. The maximum atomic E-state index is 14.2. The molecule has 3 aromatic rings. The summed E-state index contributed by atoms with van der Waals surface area (Å²) < 4.78 is 48.3. The number of sulfonamides is 1. The standard InChI is InChI=1S/C22H21ClFN3O4S/c1-15-5-6-16(13-21(15)32(29,30)26-9-11-31-12-10-26)20-7-8-22(28)27(25-20)14-17-18(23)3-2-4-19(17)24/h2-8,13H,9-12,14H2,1H3. The summed E-state index contributed by atoms with van der Waals surface area (Å²) in [6.07, 6.45) is 0. The Morgan fingerprint density at radius 2 is 1.88 bits per heavy atom. The second-order valence-electron chi connectivity index (χ2n) is 7.41. The molecule has 1 aliphatic rings. The minimum absolute atomic E-state index is 0.150. The molecule has 32 heavy (non-hydrogen) atoms. The average Bonchev–Trinajstić information content (AvgIpc) is 2.78. The van der Waals surface area contributed by atoms with Gasteiger partial charge in [-0.3, -0.25) is 4.79 Å². The van der Waals surface area contributed by atoms with Crippen molar-refractivity contribution in [1.82, 2.24) is 14.1 Å². The number of rotatable bonds is 5. The van der Waals surface area contributed by atoms with E-state index in [0.717, 1.165) is 4.68 Å². The molecule has 0 N–H and O–H groups in total. The average molecular weight is 478 g/mol. The lowest BCUT2D eigenvalue weighted by atomic mass is 10.1. The van der Waals surface area contributed by atoms with Gasteiger partial charge in [0.2, 0.25) is 10.0 Å². The molecular weight excluding hydrogens is 457 g/mol. The molecule has 0 atom stereocenters. The molecule has 2 aromatic carbocycles. The van der Waals surface area contributed by atoms with E-state index in [1.807, 2.05) is 0 Å². The Balaban J connectivity index is 1.73. The lowest BCUT2D eigenvalue weighted by molar-refractivity contribution is 0.0730. The minimum Gasteiger partial charge on any atom is -0.379 e. The Bertz CT molecular complexity index is 1300. The van der Waals surface area contributed by atoms with Crippen LogP contribution < -0.4 is 5.56 Å². The highest BCUT2D eigenvalue weighted by molar-refractivity contribution is 7.89. The molecule has 0 amide bonds. The van der Waals surface area contributed by atoms with Crippen molar-refractivity contribution in [2.24, 2.45) is 0 Å². The van der Waals surface area contributed by atoms with Gasteiger partial charge in [-0.15, -0.1) is 0 Å². The molecule has 1 fully saturated rings. The first-order chi connectivity index (χ1) is 15.3. The fourth-order valence-corrected chi connectivity index (χ4v) is 5.39. The zero-order valence-corrected chi connectivity index (χ0v) is 18.9. The van der Waals surface area contributed by atoms with Crippen molar-refractivity contribution >= 4 is 21.6 Å². The highest BCUT2D eigenvalue weighted by Crippen LogP contribution is 2.27. The van der Waals surface area contributed by atoms with Gasteiger partial charge in [0, 0.05) is 35.3 Å². The van der Waals surface area contributed by atoms with E-state index in [-0.39, 0.29) is 22.0 Å². The number of hydrogen-bond donors (Lipinski definition) is 0. The number of morpholine rings is 1. The normalized spacial score (nSPS) is 15.1. The third-order valence-corrected chi connectivity index (χ3v) is 7.70. The topological polar surface area (TPSA) is 81.5 Å². The van der Waals surface area contributed by atoms with Gasteiger partial charge >= 0.3 is 0 Å². The van der Waals surface area contributed by atoms with Crippen molar-refractivity contribution < 1.29 is 17.5 Å². The molecule has 1 saturated heterocycles. The van der Waals surface area contributed by atoms with Gasteiger partial charge in [0.05, 0.1) is 30.3 Å². The van der Waals surface area contributed by atoms with Crippen LogP contribution in [0.1, 0.15) is 11.1 Å². The first-order valence-electron chi connectivity index (χ1n) is 9.97. The van der Waals surface area contributed by atoms with Crippen LogP contribution >= 0.6 is 11.6 Å². The van der Waals surface area contributed by atoms with Crippen molar-refractivity contribution in [1.29, 1.82) is 0 Å². The molecule has 0 saturated carbocycles. The maximum absolute atomic E-state index is 14.2. The van der Waals surface area contributed by atoms with Gasteiger partial charge in [-0.1, -0.05) is 29.8 Å². The summed E-state index contributed by atoms with van der Waals surface area (Å²) in [6, 6.07) is 12.1. The van der Waals surface area contributed by atoms with Crippen molar-refractivity contribution in [2.75, 3.05) is 26.3 Å². The maximum Gasteiger partial charge on any atom is 0.267 e. The van der Waals surface area contributed by atoms with E-state index >= 15 is 0 Å². The second-order valence-corrected chi connectivity index (χ2v) is 9.72. The van der Waals surface area contributed by atoms with Crippen molar-refractivity contribution in [3.8, 4) is 11.3 Å². The molecule has 7 nitrogen and oxygen atoms in total. The first kappa shape index (κ1) is 22.6. The number of hydrogen-bond acceptors (Lipinski definition) is 5. The highest BCUT2D eigenvalue weighted by atomic mass is 35.5. The number of ether oxygens (including phenoxy) is 1. The fraction of sp³-hybridized carbons (Fsp3) is 0.273. The van der Waals surface area contributed by atoms with E-state index < -0.39 is 21.4 Å². The monoisotopic (exact) mass is 477 g/mol. The smallest absolute Gasteiger partial charge is 0.267 e. The second kappa shape index (κ2) is 9.11. The molecule has 0 aliphatic carbocycles. The number of aromatic nitrogens is 2. The van der Waals surface area contributed by atoms with Crippen LogP contribution in [0.5, 0.6) is 0 Å². The van der Waals surface area contributed by atoms with Crippen LogP contribution in [0.4, 0.5) is 4.39 Å². The van der Waals surface area contributed by atoms with Gasteiger partial charge < -0.3 is 4.74 Å². The summed E-state index contributed by atoms with van der Waals surface area (Å²) in [4.78, 5) is 12.5. The summed E-state index contributed by atoms with van der Waals surface area (Å²) >= 11 is 6.09. The third-order valence-electron chi connectivity index (χ3n) is 5.31. The quantitative estimate of drug-likeness (QED) is 0.564. The lowest BCUT2D eigenvalue weighted by Crippen LogP contribution is -2.40. The summed E-state index contributed by atoms with van der Waals surface area (Å²) in [5.41, 5.74) is 1.24.